The Kier molecular flexibility index (Phi) is 3.64. The van der Waals surface area contributed by atoms with Crippen LogP contribution >= 0.6 is 0 Å². The number of imidazole rings is 1. The summed E-state index contributed by atoms with van der Waals surface area (Å²) in [5.41, 5.74) is 0.946. The summed E-state index contributed by atoms with van der Waals surface area (Å²) in [6.07, 6.45) is 0.985. The van der Waals surface area contributed by atoms with Crippen LogP contribution in [0.2, 0.25) is 0 Å². The Bertz CT molecular complexity index is 724. The fraction of sp³-hybridized carbons (Fsp3) is 0. The van der Waals surface area contributed by atoms with Gasteiger partial charge in [-0.05, 0) is 12.1 Å². The number of aromatic nitrogens is 2. The lowest BCUT2D eigenvalue weighted by Gasteiger charge is -2.04. The quantitative estimate of drug-likeness (QED) is 0.768. The van der Waals surface area contributed by atoms with Gasteiger partial charge in [0.1, 0.15) is 17.4 Å². The number of carbonyl (C=O) groups is 1. The average molecular weight is 279 g/mol. The number of amides is 1. The van der Waals surface area contributed by atoms with Gasteiger partial charge in [-0.15, -0.1) is 0 Å². The lowest BCUT2D eigenvalue weighted by atomic mass is 10.2. The zero-order chi connectivity index (χ0) is 14.5. The fourth-order valence-electron chi connectivity index (χ4n) is 1.86. The number of benzene rings is 2. The Hall–Kier alpha value is -3.08. The zero-order valence-corrected chi connectivity index (χ0v) is 11.1. The van der Waals surface area contributed by atoms with E-state index in [1.807, 2.05) is 36.4 Å². The SMILES string of the molecule is O=C(Nc1cnc(-c2ccccc2)[nH]1)Oc1ccccc1. The fourth-order valence-corrected chi connectivity index (χ4v) is 1.86. The lowest BCUT2D eigenvalue weighted by Crippen LogP contribution is -2.16. The molecule has 1 heterocycles. The van der Waals surface area contributed by atoms with Gasteiger partial charge in [0.2, 0.25) is 0 Å². The van der Waals surface area contributed by atoms with Crippen LogP contribution < -0.4 is 10.1 Å². The predicted octanol–water partition coefficient (Wildman–Crippen LogP) is 3.69. The number of aromatic amines is 1. The van der Waals surface area contributed by atoms with Crippen LogP contribution in [0.1, 0.15) is 0 Å². The highest BCUT2D eigenvalue weighted by Crippen LogP contribution is 2.17. The summed E-state index contributed by atoms with van der Waals surface area (Å²) in [6.45, 7) is 0. The van der Waals surface area contributed by atoms with Crippen LogP contribution in [0.25, 0.3) is 11.4 Å². The molecule has 0 atom stereocenters. The maximum Gasteiger partial charge on any atom is 0.418 e. The minimum Gasteiger partial charge on any atom is -0.410 e. The summed E-state index contributed by atoms with van der Waals surface area (Å²) in [5, 5.41) is 2.60. The Morgan fingerprint density at radius 1 is 1.00 bits per heavy atom. The van der Waals surface area contributed by atoms with Crippen molar-refractivity contribution in [1.82, 2.24) is 9.97 Å². The minimum absolute atomic E-state index is 0.481. The summed E-state index contributed by atoms with van der Waals surface area (Å²) in [5.74, 6) is 1.65. The summed E-state index contributed by atoms with van der Waals surface area (Å²) < 4.78 is 5.14. The molecule has 0 radical (unpaired) electrons. The van der Waals surface area contributed by atoms with Gasteiger partial charge in [0, 0.05) is 5.56 Å². The van der Waals surface area contributed by atoms with E-state index < -0.39 is 6.09 Å². The molecule has 0 aliphatic rings. The number of H-pyrrole nitrogens is 1. The highest BCUT2D eigenvalue weighted by Gasteiger charge is 2.08. The van der Waals surface area contributed by atoms with Crippen LogP contribution in [0.15, 0.2) is 66.9 Å². The molecule has 1 amide bonds. The van der Waals surface area contributed by atoms with Crippen molar-refractivity contribution in [1.29, 1.82) is 0 Å². The van der Waals surface area contributed by atoms with Crippen molar-refractivity contribution in [3.05, 3.63) is 66.9 Å². The van der Waals surface area contributed by atoms with E-state index >= 15 is 0 Å². The Morgan fingerprint density at radius 3 is 2.38 bits per heavy atom. The van der Waals surface area contributed by atoms with E-state index in [1.54, 1.807) is 30.5 Å². The van der Waals surface area contributed by atoms with Crippen LogP contribution in [0.5, 0.6) is 5.75 Å². The predicted molar refractivity (Wildman–Crippen MR) is 80.1 cm³/mol. The van der Waals surface area contributed by atoms with Gasteiger partial charge in [0.15, 0.2) is 0 Å². The molecule has 0 aliphatic heterocycles. The number of anilines is 1. The second kappa shape index (κ2) is 5.92. The number of hydrogen-bond donors (Lipinski definition) is 2. The zero-order valence-electron chi connectivity index (χ0n) is 11.1. The van der Waals surface area contributed by atoms with Crippen molar-refractivity contribution in [3.63, 3.8) is 0 Å². The van der Waals surface area contributed by atoms with Crippen molar-refractivity contribution in [2.75, 3.05) is 5.32 Å². The van der Waals surface area contributed by atoms with Crippen LogP contribution in [0.4, 0.5) is 10.6 Å². The summed E-state index contributed by atoms with van der Waals surface area (Å²) in [7, 11) is 0. The molecule has 0 bridgehead atoms. The molecule has 21 heavy (non-hydrogen) atoms. The molecule has 2 aromatic carbocycles. The summed E-state index contributed by atoms with van der Waals surface area (Å²) in [4.78, 5) is 19.0. The number of nitrogens with one attached hydrogen (secondary N) is 2. The lowest BCUT2D eigenvalue weighted by molar-refractivity contribution is 0.215. The second-order valence-electron chi connectivity index (χ2n) is 4.34. The molecular formula is C16H13N3O2. The van der Waals surface area contributed by atoms with E-state index in [4.69, 9.17) is 4.74 Å². The van der Waals surface area contributed by atoms with Gasteiger partial charge in [-0.2, -0.15) is 0 Å². The molecule has 0 saturated heterocycles. The molecule has 3 aromatic rings. The van der Waals surface area contributed by atoms with Gasteiger partial charge in [0.25, 0.3) is 0 Å². The molecule has 2 N–H and O–H groups in total. The third-order valence-electron chi connectivity index (χ3n) is 2.81. The largest absolute Gasteiger partial charge is 0.418 e. The Labute approximate surface area is 121 Å². The molecule has 1 aromatic heterocycles. The van der Waals surface area contributed by atoms with E-state index in [1.165, 1.54) is 0 Å². The van der Waals surface area contributed by atoms with Gasteiger partial charge in [0.05, 0.1) is 6.20 Å². The Morgan fingerprint density at radius 2 is 1.67 bits per heavy atom. The molecule has 104 valence electrons. The van der Waals surface area contributed by atoms with E-state index in [0.29, 0.717) is 17.4 Å². The Balaban J connectivity index is 1.66. The number of nitrogens with zero attached hydrogens (tertiary/aromatic N) is 1. The molecule has 0 unspecified atom stereocenters. The van der Waals surface area contributed by atoms with Crippen LogP contribution in [0.3, 0.4) is 0 Å². The third-order valence-corrected chi connectivity index (χ3v) is 2.81. The molecule has 0 aliphatic carbocycles. The number of ether oxygens (including phenoxy) is 1. The van der Waals surface area contributed by atoms with Gasteiger partial charge in [-0.25, -0.2) is 9.78 Å². The normalized spacial score (nSPS) is 10.1. The number of para-hydroxylation sites is 1. The van der Waals surface area contributed by atoms with Gasteiger partial charge in [-0.1, -0.05) is 48.5 Å². The summed E-state index contributed by atoms with van der Waals surface area (Å²) in [6, 6.07) is 18.5. The molecular weight excluding hydrogens is 266 g/mol. The molecule has 3 rings (SSSR count). The number of hydrogen-bond acceptors (Lipinski definition) is 3. The molecule has 5 heteroatoms. The highest BCUT2D eigenvalue weighted by atomic mass is 16.6. The van der Waals surface area contributed by atoms with E-state index in [2.05, 4.69) is 15.3 Å². The van der Waals surface area contributed by atoms with Crippen LogP contribution in [0, 0.1) is 0 Å². The van der Waals surface area contributed by atoms with E-state index in [9.17, 15) is 4.79 Å². The first kappa shape index (κ1) is 12.9. The van der Waals surface area contributed by atoms with Crippen molar-refractivity contribution in [3.8, 4) is 17.1 Å². The second-order valence-corrected chi connectivity index (χ2v) is 4.34. The van der Waals surface area contributed by atoms with E-state index in [0.717, 1.165) is 5.56 Å². The smallest absolute Gasteiger partial charge is 0.410 e. The van der Waals surface area contributed by atoms with Gasteiger partial charge < -0.3 is 9.72 Å². The van der Waals surface area contributed by atoms with Crippen molar-refractivity contribution < 1.29 is 9.53 Å². The molecule has 0 saturated carbocycles. The van der Waals surface area contributed by atoms with Crippen LogP contribution in [-0.4, -0.2) is 16.1 Å². The number of carbonyl (C=O) groups excluding carboxylic acids is 1. The van der Waals surface area contributed by atoms with Gasteiger partial charge in [-0.3, -0.25) is 5.32 Å². The third kappa shape index (κ3) is 3.27. The standard InChI is InChI=1S/C16H13N3O2/c20-16(21-13-9-5-2-6-10-13)19-14-11-17-15(18-14)12-7-3-1-4-8-12/h1-11H,(H,17,18)(H,19,20). The van der Waals surface area contributed by atoms with Crippen molar-refractivity contribution in [2.45, 2.75) is 0 Å². The monoisotopic (exact) mass is 279 g/mol. The highest BCUT2D eigenvalue weighted by molar-refractivity contribution is 5.85. The van der Waals surface area contributed by atoms with Gasteiger partial charge >= 0.3 is 6.09 Å². The summed E-state index contributed by atoms with van der Waals surface area (Å²) >= 11 is 0. The molecule has 0 fully saturated rings. The van der Waals surface area contributed by atoms with E-state index in [-0.39, 0.29) is 0 Å². The maximum absolute atomic E-state index is 11.7. The number of rotatable bonds is 3. The first-order valence-electron chi connectivity index (χ1n) is 6.45. The maximum atomic E-state index is 11.7. The minimum atomic E-state index is -0.565. The first-order valence-corrected chi connectivity index (χ1v) is 6.45. The van der Waals surface area contributed by atoms with Crippen molar-refractivity contribution >= 4 is 11.9 Å². The van der Waals surface area contributed by atoms with Crippen LogP contribution in [-0.2, 0) is 0 Å². The molecule has 0 spiro atoms. The average Bonchev–Trinajstić information content (AvgIpc) is 2.97. The van der Waals surface area contributed by atoms with Crippen molar-refractivity contribution in [2.24, 2.45) is 0 Å². The molecule has 5 nitrogen and oxygen atoms in total. The first-order chi connectivity index (χ1) is 10.3. The topological polar surface area (TPSA) is 67.0 Å².